The number of nitrogen functional groups attached to an aromatic ring is 1. The largest absolute Gasteiger partial charge is 0.384 e. The summed E-state index contributed by atoms with van der Waals surface area (Å²) < 4.78 is 0. The zero-order chi connectivity index (χ0) is 13.8. The minimum atomic E-state index is 0.258. The van der Waals surface area contributed by atoms with Gasteiger partial charge in [0.2, 0.25) is 0 Å². The number of aromatic nitrogens is 3. The lowest BCUT2D eigenvalue weighted by atomic mass is 10.2. The molecule has 0 unspecified atom stereocenters. The van der Waals surface area contributed by atoms with Crippen molar-refractivity contribution < 1.29 is 0 Å². The molecule has 0 bridgehead atoms. The first kappa shape index (κ1) is 13.3. The molecule has 0 aliphatic carbocycles. The van der Waals surface area contributed by atoms with Gasteiger partial charge in [-0.3, -0.25) is 4.98 Å². The number of nitrogens with two attached hydrogens (primary N) is 1. The fourth-order valence-electron chi connectivity index (χ4n) is 1.77. The second-order valence-corrected chi connectivity index (χ2v) is 4.88. The first-order valence-corrected chi connectivity index (χ1v) is 6.30. The molecule has 0 amide bonds. The first-order chi connectivity index (χ1) is 9.06. The van der Waals surface area contributed by atoms with E-state index in [1.54, 1.807) is 12.3 Å². The van der Waals surface area contributed by atoms with E-state index in [9.17, 15) is 0 Å². The molecule has 2 aromatic rings. The predicted octanol–water partition coefficient (Wildman–Crippen LogP) is 2.21. The molecule has 5 nitrogen and oxygen atoms in total. The zero-order valence-electron chi connectivity index (χ0n) is 11.5. The predicted molar refractivity (Wildman–Crippen MR) is 76.9 cm³/mol. The summed E-state index contributed by atoms with van der Waals surface area (Å²) in [5.74, 6) is 2.37. The average molecular weight is 257 g/mol. The van der Waals surface area contributed by atoms with E-state index in [1.807, 2.05) is 30.3 Å². The molecule has 100 valence electrons. The molecular weight excluding hydrogens is 238 g/mol. The van der Waals surface area contributed by atoms with Gasteiger partial charge in [-0.2, -0.15) is 0 Å². The van der Waals surface area contributed by atoms with Gasteiger partial charge in [0.25, 0.3) is 0 Å². The Balaban J connectivity index is 2.21. The standard InChI is InChI=1S/C14H19N5/c1-10(2)14-17-12(15)7-13(18-14)19(3)9-11-5-4-6-16-8-11/h4-8,10H,9H2,1-3H3,(H2,15,17,18). The van der Waals surface area contributed by atoms with Gasteiger partial charge in [-0.05, 0) is 11.6 Å². The molecular formula is C14H19N5. The summed E-state index contributed by atoms with van der Waals surface area (Å²) >= 11 is 0. The Morgan fingerprint density at radius 2 is 2.11 bits per heavy atom. The van der Waals surface area contributed by atoms with E-state index < -0.39 is 0 Å². The van der Waals surface area contributed by atoms with Crippen LogP contribution in [0.3, 0.4) is 0 Å². The van der Waals surface area contributed by atoms with Crippen LogP contribution in [0.4, 0.5) is 11.6 Å². The fraction of sp³-hybridized carbons (Fsp3) is 0.357. The highest BCUT2D eigenvalue weighted by Crippen LogP contribution is 2.18. The third-order valence-corrected chi connectivity index (χ3v) is 2.80. The van der Waals surface area contributed by atoms with Gasteiger partial charge in [-0.1, -0.05) is 19.9 Å². The molecule has 0 saturated heterocycles. The summed E-state index contributed by atoms with van der Waals surface area (Å²) in [4.78, 5) is 14.9. The molecule has 2 rings (SSSR count). The van der Waals surface area contributed by atoms with Crippen molar-refractivity contribution in [3.05, 3.63) is 42.0 Å². The van der Waals surface area contributed by atoms with E-state index in [2.05, 4.69) is 28.8 Å². The number of hydrogen-bond donors (Lipinski definition) is 1. The Morgan fingerprint density at radius 3 is 2.74 bits per heavy atom. The van der Waals surface area contributed by atoms with Crippen LogP contribution in [0.5, 0.6) is 0 Å². The molecule has 0 aliphatic rings. The third-order valence-electron chi connectivity index (χ3n) is 2.80. The summed E-state index contributed by atoms with van der Waals surface area (Å²) in [7, 11) is 1.98. The fourth-order valence-corrected chi connectivity index (χ4v) is 1.77. The van der Waals surface area contributed by atoms with Crippen molar-refractivity contribution in [1.82, 2.24) is 15.0 Å². The van der Waals surface area contributed by atoms with E-state index in [0.717, 1.165) is 23.8 Å². The van der Waals surface area contributed by atoms with Gasteiger partial charge in [0, 0.05) is 38.0 Å². The molecule has 2 N–H and O–H groups in total. The number of hydrogen-bond acceptors (Lipinski definition) is 5. The lowest BCUT2D eigenvalue weighted by molar-refractivity contribution is 0.764. The number of anilines is 2. The number of rotatable bonds is 4. The summed E-state index contributed by atoms with van der Waals surface area (Å²) in [6.45, 7) is 4.85. The molecule has 2 heterocycles. The molecule has 0 radical (unpaired) electrons. The van der Waals surface area contributed by atoms with Crippen LogP contribution in [0.2, 0.25) is 0 Å². The van der Waals surface area contributed by atoms with Gasteiger partial charge in [0.05, 0.1) is 0 Å². The molecule has 0 fully saturated rings. The average Bonchev–Trinajstić information content (AvgIpc) is 2.39. The lowest BCUT2D eigenvalue weighted by Gasteiger charge is -2.19. The SMILES string of the molecule is CC(C)c1nc(N)cc(N(C)Cc2cccnc2)n1. The Bertz CT molecular complexity index is 539. The Labute approximate surface area is 113 Å². The van der Waals surface area contributed by atoms with Gasteiger partial charge >= 0.3 is 0 Å². The van der Waals surface area contributed by atoms with Crippen LogP contribution in [0.15, 0.2) is 30.6 Å². The molecule has 0 spiro atoms. The molecule has 0 atom stereocenters. The van der Waals surface area contributed by atoms with Crippen molar-refractivity contribution in [1.29, 1.82) is 0 Å². The Morgan fingerprint density at radius 1 is 1.32 bits per heavy atom. The maximum atomic E-state index is 5.84. The van der Waals surface area contributed by atoms with Crippen LogP contribution >= 0.6 is 0 Å². The quantitative estimate of drug-likeness (QED) is 0.909. The number of nitrogens with zero attached hydrogens (tertiary/aromatic N) is 4. The van der Waals surface area contributed by atoms with Crippen LogP contribution in [0.1, 0.15) is 31.2 Å². The lowest BCUT2D eigenvalue weighted by Crippen LogP contribution is -2.19. The van der Waals surface area contributed by atoms with Gasteiger partial charge in [-0.25, -0.2) is 9.97 Å². The molecule has 19 heavy (non-hydrogen) atoms. The highest BCUT2D eigenvalue weighted by Gasteiger charge is 2.10. The van der Waals surface area contributed by atoms with Crippen LogP contribution in [-0.2, 0) is 6.54 Å². The van der Waals surface area contributed by atoms with Gasteiger partial charge in [-0.15, -0.1) is 0 Å². The Hall–Kier alpha value is -2.17. The number of pyridine rings is 1. The summed E-state index contributed by atoms with van der Waals surface area (Å²) in [6.07, 6.45) is 3.62. The van der Waals surface area contributed by atoms with Crippen molar-refractivity contribution in [3.63, 3.8) is 0 Å². The summed E-state index contributed by atoms with van der Waals surface area (Å²) in [6, 6.07) is 5.76. The molecule has 0 aromatic carbocycles. The normalized spacial score (nSPS) is 10.7. The topological polar surface area (TPSA) is 67.9 Å². The van der Waals surface area contributed by atoms with Crippen molar-refractivity contribution >= 4 is 11.6 Å². The molecule has 0 saturated carbocycles. The van der Waals surface area contributed by atoms with Crippen LogP contribution in [-0.4, -0.2) is 22.0 Å². The minimum absolute atomic E-state index is 0.258. The smallest absolute Gasteiger partial charge is 0.135 e. The summed E-state index contributed by atoms with van der Waals surface area (Å²) in [5.41, 5.74) is 6.97. The summed E-state index contributed by atoms with van der Waals surface area (Å²) in [5, 5.41) is 0. The minimum Gasteiger partial charge on any atom is -0.384 e. The maximum absolute atomic E-state index is 5.84. The van der Waals surface area contributed by atoms with Crippen LogP contribution < -0.4 is 10.6 Å². The van der Waals surface area contributed by atoms with Crippen molar-refractivity contribution in [2.24, 2.45) is 0 Å². The maximum Gasteiger partial charge on any atom is 0.135 e. The highest BCUT2D eigenvalue weighted by molar-refractivity contribution is 5.47. The van der Waals surface area contributed by atoms with Crippen LogP contribution in [0.25, 0.3) is 0 Å². The van der Waals surface area contributed by atoms with Crippen LogP contribution in [0, 0.1) is 0 Å². The van der Waals surface area contributed by atoms with Crippen molar-refractivity contribution in [3.8, 4) is 0 Å². The molecule has 2 aromatic heterocycles. The third kappa shape index (κ3) is 3.40. The monoisotopic (exact) mass is 257 g/mol. The van der Waals surface area contributed by atoms with E-state index in [1.165, 1.54) is 0 Å². The zero-order valence-corrected chi connectivity index (χ0v) is 11.5. The van der Waals surface area contributed by atoms with Crippen molar-refractivity contribution in [2.45, 2.75) is 26.3 Å². The first-order valence-electron chi connectivity index (χ1n) is 6.30. The van der Waals surface area contributed by atoms with Gasteiger partial charge < -0.3 is 10.6 Å². The van der Waals surface area contributed by atoms with E-state index >= 15 is 0 Å². The van der Waals surface area contributed by atoms with Gasteiger partial charge in [0.15, 0.2) is 0 Å². The van der Waals surface area contributed by atoms with E-state index in [-0.39, 0.29) is 5.92 Å². The van der Waals surface area contributed by atoms with E-state index in [4.69, 9.17) is 5.73 Å². The molecule has 5 heteroatoms. The molecule has 0 aliphatic heterocycles. The second-order valence-electron chi connectivity index (χ2n) is 4.88. The second kappa shape index (κ2) is 5.65. The van der Waals surface area contributed by atoms with Gasteiger partial charge in [0.1, 0.15) is 17.5 Å². The Kier molecular flexibility index (Phi) is 3.94. The highest BCUT2D eigenvalue weighted by atomic mass is 15.2. The van der Waals surface area contributed by atoms with Crippen molar-refractivity contribution in [2.75, 3.05) is 17.7 Å². The van der Waals surface area contributed by atoms with E-state index in [0.29, 0.717) is 5.82 Å².